The molecule has 0 radical (unpaired) electrons. The van der Waals surface area contributed by atoms with Gasteiger partial charge in [0, 0.05) is 6.54 Å². The van der Waals surface area contributed by atoms with Crippen LogP contribution in [-0.4, -0.2) is 19.6 Å². The molecule has 0 aliphatic heterocycles. The van der Waals surface area contributed by atoms with Crippen molar-refractivity contribution < 1.29 is 0 Å². The molecule has 3 N–H and O–H groups in total. The van der Waals surface area contributed by atoms with E-state index in [0.29, 0.717) is 11.3 Å². The van der Waals surface area contributed by atoms with Gasteiger partial charge in [0.25, 0.3) is 0 Å². The number of nitrogens with two attached hydrogens (primary N) is 1. The van der Waals surface area contributed by atoms with Gasteiger partial charge < -0.3 is 11.1 Å². The highest BCUT2D eigenvalue weighted by molar-refractivity contribution is 5.05. The van der Waals surface area contributed by atoms with Crippen LogP contribution < -0.4 is 11.1 Å². The Morgan fingerprint density at radius 2 is 1.94 bits per heavy atom. The van der Waals surface area contributed by atoms with Crippen molar-refractivity contribution in [1.82, 2.24) is 5.32 Å². The minimum Gasteiger partial charge on any atom is -0.330 e. The second kappa shape index (κ2) is 4.89. The van der Waals surface area contributed by atoms with Crippen LogP contribution in [0.1, 0.15) is 52.9 Å². The zero-order valence-electron chi connectivity index (χ0n) is 11.9. The maximum atomic E-state index is 5.88. The lowest BCUT2D eigenvalue weighted by molar-refractivity contribution is 0.281. The van der Waals surface area contributed by atoms with Crippen molar-refractivity contribution in [3.63, 3.8) is 0 Å². The molecule has 0 bridgehead atoms. The summed E-state index contributed by atoms with van der Waals surface area (Å²) >= 11 is 0. The molecule has 2 aliphatic rings. The van der Waals surface area contributed by atoms with E-state index in [4.69, 9.17) is 5.73 Å². The Hall–Kier alpha value is -0.0800. The van der Waals surface area contributed by atoms with Crippen molar-refractivity contribution >= 4 is 0 Å². The van der Waals surface area contributed by atoms with Crippen molar-refractivity contribution in [2.24, 2.45) is 28.4 Å². The fraction of sp³-hybridized carbons (Fsp3) is 1.00. The van der Waals surface area contributed by atoms with Gasteiger partial charge in [0.2, 0.25) is 0 Å². The molecule has 2 rings (SSSR count). The average molecular weight is 238 g/mol. The molecule has 2 aliphatic carbocycles. The van der Waals surface area contributed by atoms with Crippen molar-refractivity contribution in [3.8, 4) is 0 Å². The van der Waals surface area contributed by atoms with Crippen LogP contribution >= 0.6 is 0 Å². The fourth-order valence-electron chi connectivity index (χ4n) is 3.22. The minimum absolute atomic E-state index is 0.402. The molecule has 2 saturated carbocycles. The predicted molar refractivity (Wildman–Crippen MR) is 73.9 cm³/mol. The largest absolute Gasteiger partial charge is 0.330 e. The van der Waals surface area contributed by atoms with E-state index in [2.05, 4.69) is 26.1 Å². The van der Waals surface area contributed by atoms with Crippen LogP contribution in [0.3, 0.4) is 0 Å². The Labute approximate surface area is 107 Å². The molecule has 2 fully saturated rings. The summed E-state index contributed by atoms with van der Waals surface area (Å²) < 4.78 is 0. The summed E-state index contributed by atoms with van der Waals surface area (Å²) in [6, 6.07) is 0. The third kappa shape index (κ3) is 3.96. The molecular formula is C15H30N2. The number of nitrogens with one attached hydrogen (secondary N) is 1. The highest BCUT2D eigenvalue weighted by Gasteiger charge is 2.53. The molecule has 100 valence electrons. The topological polar surface area (TPSA) is 38.0 Å². The molecule has 2 nitrogen and oxygen atoms in total. The third-order valence-electron chi connectivity index (χ3n) is 4.48. The van der Waals surface area contributed by atoms with Gasteiger partial charge in [-0.2, -0.15) is 0 Å². The zero-order valence-corrected chi connectivity index (χ0v) is 11.9. The first kappa shape index (κ1) is 13.4. The van der Waals surface area contributed by atoms with Crippen LogP contribution in [0.4, 0.5) is 0 Å². The van der Waals surface area contributed by atoms with Crippen LogP contribution in [-0.2, 0) is 0 Å². The highest BCUT2D eigenvalue weighted by Crippen LogP contribution is 2.60. The van der Waals surface area contributed by atoms with Gasteiger partial charge in [0.05, 0.1) is 0 Å². The second-order valence-electron chi connectivity index (χ2n) is 7.63. The maximum absolute atomic E-state index is 5.88. The summed E-state index contributed by atoms with van der Waals surface area (Å²) in [7, 11) is 0. The zero-order chi connectivity index (χ0) is 12.5. The quantitative estimate of drug-likeness (QED) is 0.716. The van der Waals surface area contributed by atoms with E-state index in [1.807, 2.05) is 0 Å². The van der Waals surface area contributed by atoms with Gasteiger partial charge in [-0.1, -0.05) is 20.8 Å². The molecule has 0 aromatic carbocycles. The first-order valence-electron chi connectivity index (χ1n) is 7.36. The number of hydrogen-bond donors (Lipinski definition) is 2. The van der Waals surface area contributed by atoms with Gasteiger partial charge in [0.1, 0.15) is 0 Å². The van der Waals surface area contributed by atoms with Crippen LogP contribution in [0.25, 0.3) is 0 Å². The van der Waals surface area contributed by atoms with Crippen molar-refractivity contribution in [1.29, 1.82) is 0 Å². The average Bonchev–Trinajstić information content (AvgIpc) is 3.06. The molecule has 0 aromatic rings. The van der Waals surface area contributed by atoms with E-state index in [0.717, 1.165) is 24.4 Å². The van der Waals surface area contributed by atoms with E-state index < -0.39 is 0 Å². The maximum Gasteiger partial charge on any atom is 0.00106 e. The van der Waals surface area contributed by atoms with Crippen LogP contribution in [0, 0.1) is 22.7 Å². The Morgan fingerprint density at radius 1 is 1.29 bits per heavy atom. The van der Waals surface area contributed by atoms with Crippen molar-refractivity contribution in [3.05, 3.63) is 0 Å². The van der Waals surface area contributed by atoms with Crippen LogP contribution in [0.15, 0.2) is 0 Å². The minimum atomic E-state index is 0.402. The molecular weight excluding hydrogens is 208 g/mol. The Bertz CT molecular complexity index is 246. The number of rotatable bonds is 7. The Kier molecular flexibility index (Phi) is 3.84. The smallest absolute Gasteiger partial charge is 0.00106 e. The van der Waals surface area contributed by atoms with Crippen molar-refractivity contribution in [2.45, 2.75) is 52.9 Å². The molecule has 0 amide bonds. The highest BCUT2D eigenvalue weighted by atomic mass is 14.9. The van der Waals surface area contributed by atoms with Crippen molar-refractivity contribution in [2.75, 3.05) is 19.6 Å². The Morgan fingerprint density at radius 3 is 2.35 bits per heavy atom. The lowest BCUT2D eigenvalue weighted by Gasteiger charge is -2.26. The summed E-state index contributed by atoms with van der Waals surface area (Å²) in [6.45, 7) is 10.1. The van der Waals surface area contributed by atoms with E-state index in [-0.39, 0.29) is 0 Å². The van der Waals surface area contributed by atoms with Gasteiger partial charge in [-0.3, -0.25) is 0 Å². The molecule has 1 unspecified atom stereocenters. The first-order chi connectivity index (χ1) is 7.95. The summed E-state index contributed by atoms with van der Waals surface area (Å²) in [4.78, 5) is 0. The second-order valence-corrected chi connectivity index (χ2v) is 7.63. The van der Waals surface area contributed by atoms with Crippen LogP contribution in [0.5, 0.6) is 0 Å². The summed E-state index contributed by atoms with van der Waals surface area (Å²) in [5, 5.41) is 3.70. The normalized spacial score (nSPS) is 24.7. The SMILES string of the molecule is CC(C)(C)CC(CN)CNCC1(C2CC2)CC1. The van der Waals surface area contributed by atoms with E-state index in [9.17, 15) is 0 Å². The van der Waals surface area contributed by atoms with Gasteiger partial charge in [-0.05, 0) is 67.9 Å². The monoisotopic (exact) mass is 238 g/mol. The lowest BCUT2D eigenvalue weighted by atomic mass is 9.84. The molecule has 0 heterocycles. The molecule has 0 spiro atoms. The third-order valence-corrected chi connectivity index (χ3v) is 4.48. The van der Waals surface area contributed by atoms with Gasteiger partial charge >= 0.3 is 0 Å². The standard InChI is InChI=1S/C15H30N2/c1-14(2,3)8-12(9-16)10-17-11-15(6-7-15)13-4-5-13/h12-13,17H,4-11,16H2,1-3H3. The summed E-state index contributed by atoms with van der Waals surface area (Å²) in [5.74, 6) is 1.71. The molecule has 17 heavy (non-hydrogen) atoms. The fourth-order valence-corrected chi connectivity index (χ4v) is 3.22. The van der Waals surface area contributed by atoms with E-state index >= 15 is 0 Å². The van der Waals surface area contributed by atoms with Gasteiger partial charge in [-0.25, -0.2) is 0 Å². The lowest BCUT2D eigenvalue weighted by Crippen LogP contribution is -2.34. The van der Waals surface area contributed by atoms with Crippen LogP contribution in [0.2, 0.25) is 0 Å². The summed E-state index contributed by atoms with van der Waals surface area (Å²) in [6.07, 6.45) is 7.15. The summed E-state index contributed by atoms with van der Waals surface area (Å²) in [5.41, 5.74) is 7.00. The molecule has 1 atom stereocenters. The van der Waals surface area contributed by atoms with Gasteiger partial charge in [-0.15, -0.1) is 0 Å². The number of hydrogen-bond acceptors (Lipinski definition) is 2. The van der Waals surface area contributed by atoms with E-state index in [1.165, 1.54) is 38.6 Å². The predicted octanol–water partition coefficient (Wildman–Crippen LogP) is 2.78. The molecule has 2 heteroatoms. The molecule has 0 saturated heterocycles. The Balaban J connectivity index is 1.66. The molecule has 0 aromatic heterocycles. The first-order valence-corrected chi connectivity index (χ1v) is 7.36. The van der Waals surface area contributed by atoms with Gasteiger partial charge in [0.15, 0.2) is 0 Å². The van der Waals surface area contributed by atoms with E-state index in [1.54, 1.807) is 0 Å².